The molecule has 1 amide bonds. The molecule has 25 heavy (non-hydrogen) atoms. The van der Waals surface area contributed by atoms with Gasteiger partial charge in [-0.05, 0) is 31.4 Å². The molecule has 0 saturated heterocycles. The first kappa shape index (κ1) is 15.6. The lowest BCUT2D eigenvalue weighted by Crippen LogP contribution is -2.30. The number of carbonyl (C=O) groups is 1. The van der Waals surface area contributed by atoms with Crippen LogP contribution >= 0.6 is 0 Å². The molecular formula is C18H19N5O2. The van der Waals surface area contributed by atoms with Crippen molar-refractivity contribution in [2.75, 3.05) is 5.32 Å². The third-order valence-corrected chi connectivity index (χ3v) is 4.73. The van der Waals surface area contributed by atoms with E-state index in [0.29, 0.717) is 34.4 Å². The van der Waals surface area contributed by atoms with Crippen LogP contribution in [0.15, 0.2) is 35.1 Å². The molecule has 128 valence electrons. The van der Waals surface area contributed by atoms with E-state index in [0.717, 1.165) is 12.1 Å². The highest BCUT2D eigenvalue weighted by Gasteiger charge is 2.35. The molecule has 7 heteroatoms. The first-order valence-corrected chi connectivity index (χ1v) is 8.34. The van der Waals surface area contributed by atoms with E-state index < -0.39 is 0 Å². The summed E-state index contributed by atoms with van der Waals surface area (Å²) in [7, 11) is 0. The van der Waals surface area contributed by atoms with Crippen LogP contribution in [0.2, 0.25) is 0 Å². The number of anilines is 1. The highest BCUT2D eigenvalue weighted by atomic mass is 16.2. The van der Waals surface area contributed by atoms with Gasteiger partial charge in [-0.15, -0.1) is 0 Å². The van der Waals surface area contributed by atoms with Gasteiger partial charge in [-0.25, -0.2) is 4.98 Å². The number of aromatic amines is 1. The number of H-pyrrole nitrogens is 1. The van der Waals surface area contributed by atoms with Gasteiger partial charge in [0.25, 0.3) is 5.56 Å². The molecule has 4 rings (SSSR count). The normalized spacial score (nSPS) is 19.1. The summed E-state index contributed by atoms with van der Waals surface area (Å²) in [6, 6.07) is 8.99. The SMILES string of the molecule is Cc1nc2ccccc2c(=O)n1CC(=O)Nc1cc([C@H]2C[C@H]2C)[nH]n1. The number of nitrogens with one attached hydrogen (secondary N) is 2. The molecule has 0 bridgehead atoms. The van der Waals surface area contributed by atoms with Gasteiger partial charge < -0.3 is 5.32 Å². The van der Waals surface area contributed by atoms with Crippen LogP contribution in [0.25, 0.3) is 10.9 Å². The van der Waals surface area contributed by atoms with Crippen molar-refractivity contribution in [3.05, 3.63) is 52.2 Å². The highest BCUT2D eigenvalue weighted by Crippen LogP contribution is 2.46. The number of nitrogens with zero attached hydrogens (tertiary/aromatic N) is 3. The molecule has 2 atom stereocenters. The van der Waals surface area contributed by atoms with Crippen LogP contribution in [0.3, 0.4) is 0 Å². The number of benzene rings is 1. The molecule has 1 aromatic carbocycles. The number of hydrogen-bond donors (Lipinski definition) is 2. The van der Waals surface area contributed by atoms with Crippen molar-refractivity contribution in [2.45, 2.75) is 32.7 Å². The van der Waals surface area contributed by atoms with E-state index in [4.69, 9.17) is 0 Å². The molecule has 0 spiro atoms. The summed E-state index contributed by atoms with van der Waals surface area (Å²) in [5.74, 6) is 1.86. The lowest BCUT2D eigenvalue weighted by molar-refractivity contribution is -0.116. The molecule has 0 unspecified atom stereocenters. The number of fused-ring (bicyclic) bond motifs is 1. The summed E-state index contributed by atoms with van der Waals surface area (Å²) in [5, 5.41) is 10.3. The standard InChI is InChI=1S/C18H19N5O2/c1-10-7-13(10)15-8-16(22-21-15)20-17(24)9-23-11(2)19-14-6-4-3-5-12(14)18(23)25/h3-6,8,10,13H,7,9H2,1-2H3,(H2,20,21,22,24)/t10-,13+/m1/s1. The average Bonchev–Trinajstić information content (AvgIpc) is 3.13. The molecule has 1 fully saturated rings. The van der Waals surface area contributed by atoms with Crippen molar-refractivity contribution in [3.8, 4) is 0 Å². The van der Waals surface area contributed by atoms with Gasteiger partial charge in [0.1, 0.15) is 12.4 Å². The Bertz CT molecular complexity index is 1020. The van der Waals surface area contributed by atoms with Crippen LogP contribution in [0.5, 0.6) is 0 Å². The second kappa shape index (κ2) is 5.84. The Kier molecular flexibility index (Phi) is 3.63. The number of aromatic nitrogens is 4. The number of carbonyl (C=O) groups excluding carboxylic acids is 1. The summed E-state index contributed by atoms with van der Waals surface area (Å²) in [4.78, 5) is 29.3. The summed E-state index contributed by atoms with van der Waals surface area (Å²) >= 11 is 0. The molecule has 2 aromatic heterocycles. The lowest BCUT2D eigenvalue weighted by Gasteiger charge is -2.10. The maximum absolute atomic E-state index is 12.6. The molecule has 0 radical (unpaired) electrons. The van der Waals surface area contributed by atoms with Crippen LogP contribution < -0.4 is 10.9 Å². The van der Waals surface area contributed by atoms with Gasteiger partial charge in [-0.2, -0.15) is 5.10 Å². The minimum Gasteiger partial charge on any atom is -0.308 e. The maximum atomic E-state index is 12.6. The Hall–Kier alpha value is -2.96. The van der Waals surface area contributed by atoms with Gasteiger partial charge >= 0.3 is 0 Å². The molecule has 1 aliphatic carbocycles. The van der Waals surface area contributed by atoms with E-state index in [1.54, 1.807) is 25.1 Å². The Morgan fingerprint density at radius 3 is 2.92 bits per heavy atom. The smallest absolute Gasteiger partial charge is 0.261 e. The van der Waals surface area contributed by atoms with Gasteiger partial charge in [0.15, 0.2) is 5.82 Å². The van der Waals surface area contributed by atoms with Crippen molar-refractivity contribution in [1.29, 1.82) is 0 Å². The second-order valence-electron chi connectivity index (χ2n) is 6.64. The third-order valence-electron chi connectivity index (χ3n) is 4.73. The fourth-order valence-electron chi connectivity index (χ4n) is 3.14. The quantitative estimate of drug-likeness (QED) is 0.763. The minimum atomic E-state index is -0.302. The van der Waals surface area contributed by atoms with Gasteiger partial charge in [0.2, 0.25) is 5.91 Å². The second-order valence-corrected chi connectivity index (χ2v) is 6.64. The van der Waals surface area contributed by atoms with Crippen molar-refractivity contribution in [3.63, 3.8) is 0 Å². The molecule has 7 nitrogen and oxygen atoms in total. The highest BCUT2D eigenvalue weighted by molar-refractivity contribution is 5.90. The topological polar surface area (TPSA) is 92.7 Å². The number of aryl methyl sites for hydroxylation is 1. The van der Waals surface area contributed by atoms with E-state index >= 15 is 0 Å². The first-order valence-electron chi connectivity index (χ1n) is 8.34. The van der Waals surface area contributed by atoms with Crippen LogP contribution in [0.1, 0.15) is 30.8 Å². The summed E-state index contributed by atoms with van der Waals surface area (Å²) < 4.78 is 1.38. The Labute approximate surface area is 144 Å². The molecule has 0 aliphatic heterocycles. The maximum Gasteiger partial charge on any atom is 0.261 e. The number of amides is 1. The van der Waals surface area contributed by atoms with E-state index in [2.05, 4.69) is 27.4 Å². The van der Waals surface area contributed by atoms with Crippen LogP contribution in [0, 0.1) is 12.8 Å². The zero-order valence-corrected chi connectivity index (χ0v) is 14.1. The predicted molar refractivity (Wildman–Crippen MR) is 94.5 cm³/mol. The van der Waals surface area contributed by atoms with Crippen molar-refractivity contribution in [2.24, 2.45) is 5.92 Å². The summed E-state index contributed by atoms with van der Waals surface area (Å²) in [6.45, 7) is 3.82. The van der Waals surface area contributed by atoms with Gasteiger partial charge in [0, 0.05) is 17.7 Å². The largest absolute Gasteiger partial charge is 0.308 e. The van der Waals surface area contributed by atoms with E-state index in [-0.39, 0.29) is 18.0 Å². The Morgan fingerprint density at radius 2 is 2.16 bits per heavy atom. The van der Waals surface area contributed by atoms with Crippen LogP contribution in [-0.2, 0) is 11.3 Å². The van der Waals surface area contributed by atoms with E-state index in [9.17, 15) is 9.59 Å². The molecule has 2 N–H and O–H groups in total. The average molecular weight is 337 g/mol. The van der Waals surface area contributed by atoms with Gasteiger partial charge in [0.05, 0.1) is 10.9 Å². The van der Waals surface area contributed by atoms with E-state index in [1.165, 1.54) is 4.57 Å². The number of para-hydroxylation sites is 1. The fraction of sp³-hybridized carbons (Fsp3) is 0.333. The van der Waals surface area contributed by atoms with E-state index in [1.807, 2.05) is 12.1 Å². The number of hydrogen-bond acceptors (Lipinski definition) is 4. The van der Waals surface area contributed by atoms with Gasteiger partial charge in [-0.3, -0.25) is 19.3 Å². The first-order chi connectivity index (χ1) is 12.0. The zero-order valence-electron chi connectivity index (χ0n) is 14.1. The van der Waals surface area contributed by atoms with Crippen molar-refractivity contribution in [1.82, 2.24) is 19.7 Å². The minimum absolute atomic E-state index is 0.0927. The number of rotatable bonds is 4. The van der Waals surface area contributed by atoms with Gasteiger partial charge in [-0.1, -0.05) is 19.1 Å². The van der Waals surface area contributed by atoms with Crippen molar-refractivity contribution >= 4 is 22.6 Å². The zero-order chi connectivity index (χ0) is 17.6. The Morgan fingerprint density at radius 1 is 1.40 bits per heavy atom. The predicted octanol–water partition coefficient (Wildman–Crippen LogP) is 2.19. The summed E-state index contributed by atoms with van der Waals surface area (Å²) in [6.07, 6.45) is 1.15. The third kappa shape index (κ3) is 2.93. The lowest BCUT2D eigenvalue weighted by atomic mass is 10.2. The fourth-order valence-corrected chi connectivity index (χ4v) is 3.14. The molecule has 1 aliphatic rings. The Balaban J connectivity index is 1.53. The summed E-state index contributed by atoms with van der Waals surface area (Å²) in [5.41, 5.74) is 1.47. The molecule has 2 heterocycles. The van der Waals surface area contributed by atoms with Crippen molar-refractivity contribution < 1.29 is 4.79 Å². The monoisotopic (exact) mass is 337 g/mol. The van der Waals surface area contributed by atoms with Crippen LogP contribution in [-0.4, -0.2) is 25.7 Å². The molecule has 3 aromatic rings. The van der Waals surface area contributed by atoms with Crippen LogP contribution in [0.4, 0.5) is 5.82 Å². The molecular weight excluding hydrogens is 318 g/mol. The molecule has 1 saturated carbocycles.